The fourth-order valence-electron chi connectivity index (χ4n) is 1.18. The van der Waals surface area contributed by atoms with Crippen LogP contribution in [0.25, 0.3) is 0 Å². The summed E-state index contributed by atoms with van der Waals surface area (Å²) in [6, 6.07) is 5.04. The molecule has 0 spiro atoms. The van der Waals surface area contributed by atoms with Crippen molar-refractivity contribution in [1.82, 2.24) is 0 Å². The highest BCUT2D eigenvalue weighted by Gasteiger charge is 2.15. The maximum atomic E-state index is 11.7. The molecule has 1 aromatic carbocycles. The molecule has 0 amide bonds. The molecule has 0 saturated heterocycles. The Kier molecular flexibility index (Phi) is 3.53. The van der Waals surface area contributed by atoms with Gasteiger partial charge in [-0.05, 0) is 18.2 Å². The summed E-state index contributed by atoms with van der Waals surface area (Å²) in [4.78, 5) is 11.7. The standard InChI is InChI=1S/C11H13ClO2/c1-7(2)11(13)9-5-4-8(12)6-10(9)14-3/h4-7H,1-3H3. The molecule has 2 nitrogen and oxygen atoms in total. The van der Waals surface area contributed by atoms with E-state index in [1.807, 2.05) is 13.8 Å². The molecule has 0 saturated carbocycles. The number of hydrogen-bond acceptors (Lipinski definition) is 2. The Hall–Kier alpha value is -1.02. The average Bonchev–Trinajstić information content (AvgIpc) is 2.16. The SMILES string of the molecule is COc1cc(Cl)ccc1C(=O)C(C)C. The first-order chi connectivity index (χ1) is 6.56. The number of ether oxygens (including phenoxy) is 1. The molecule has 1 rings (SSSR count). The van der Waals surface area contributed by atoms with Crippen LogP contribution in [0.1, 0.15) is 24.2 Å². The third-order valence-electron chi connectivity index (χ3n) is 1.95. The van der Waals surface area contributed by atoms with Crippen molar-refractivity contribution in [3.05, 3.63) is 28.8 Å². The van der Waals surface area contributed by atoms with E-state index in [4.69, 9.17) is 16.3 Å². The van der Waals surface area contributed by atoms with Gasteiger partial charge in [-0.2, -0.15) is 0 Å². The Labute approximate surface area is 88.8 Å². The van der Waals surface area contributed by atoms with Crippen molar-refractivity contribution in [2.45, 2.75) is 13.8 Å². The van der Waals surface area contributed by atoms with Crippen LogP contribution in [-0.2, 0) is 0 Å². The zero-order valence-corrected chi connectivity index (χ0v) is 9.26. The summed E-state index contributed by atoms with van der Waals surface area (Å²) in [6.07, 6.45) is 0. The van der Waals surface area contributed by atoms with E-state index in [2.05, 4.69) is 0 Å². The monoisotopic (exact) mass is 212 g/mol. The van der Waals surface area contributed by atoms with E-state index < -0.39 is 0 Å². The van der Waals surface area contributed by atoms with Crippen molar-refractivity contribution in [3.8, 4) is 5.75 Å². The number of carbonyl (C=O) groups excluding carboxylic acids is 1. The van der Waals surface area contributed by atoms with Crippen LogP contribution < -0.4 is 4.74 Å². The van der Waals surface area contributed by atoms with Gasteiger partial charge in [-0.25, -0.2) is 0 Å². The van der Waals surface area contributed by atoms with Crippen LogP contribution in [0.2, 0.25) is 5.02 Å². The quantitative estimate of drug-likeness (QED) is 0.720. The smallest absolute Gasteiger partial charge is 0.169 e. The molecule has 0 unspecified atom stereocenters. The number of rotatable bonds is 3. The highest BCUT2D eigenvalue weighted by atomic mass is 35.5. The number of Topliss-reactive ketones (excluding diaryl/α,β-unsaturated/α-hetero) is 1. The summed E-state index contributed by atoms with van der Waals surface area (Å²) < 4.78 is 5.09. The number of methoxy groups -OCH3 is 1. The first-order valence-corrected chi connectivity index (χ1v) is 4.81. The van der Waals surface area contributed by atoms with Crippen LogP contribution >= 0.6 is 11.6 Å². The van der Waals surface area contributed by atoms with Gasteiger partial charge in [-0.3, -0.25) is 4.79 Å². The Morgan fingerprint density at radius 3 is 2.57 bits per heavy atom. The molecule has 1 aromatic rings. The normalized spacial score (nSPS) is 10.4. The molecular formula is C11H13ClO2. The zero-order valence-electron chi connectivity index (χ0n) is 8.50. The summed E-state index contributed by atoms with van der Waals surface area (Å²) in [6.45, 7) is 3.72. The largest absolute Gasteiger partial charge is 0.496 e. The van der Waals surface area contributed by atoms with Gasteiger partial charge in [0.05, 0.1) is 12.7 Å². The second-order valence-corrected chi connectivity index (χ2v) is 3.80. The molecular weight excluding hydrogens is 200 g/mol. The second-order valence-electron chi connectivity index (χ2n) is 3.36. The first-order valence-electron chi connectivity index (χ1n) is 4.44. The van der Waals surface area contributed by atoms with Crippen molar-refractivity contribution in [3.63, 3.8) is 0 Å². The Morgan fingerprint density at radius 1 is 1.43 bits per heavy atom. The van der Waals surface area contributed by atoms with Gasteiger partial charge in [0, 0.05) is 10.9 Å². The Balaban J connectivity index is 3.14. The van der Waals surface area contributed by atoms with E-state index in [9.17, 15) is 4.79 Å². The van der Waals surface area contributed by atoms with Crippen molar-refractivity contribution >= 4 is 17.4 Å². The number of carbonyl (C=O) groups is 1. The molecule has 0 aliphatic rings. The number of ketones is 1. The molecule has 0 radical (unpaired) electrons. The summed E-state index contributed by atoms with van der Waals surface area (Å²) in [5.74, 6) is 0.569. The minimum absolute atomic E-state index is 0.0370. The fourth-order valence-corrected chi connectivity index (χ4v) is 1.34. The molecule has 3 heteroatoms. The van der Waals surface area contributed by atoms with Gasteiger partial charge in [0.1, 0.15) is 5.75 Å². The summed E-state index contributed by atoms with van der Waals surface area (Å²) in [5.41, 5.74) is 0.590. The summed E-state index contributed by atoms with van der Waals surface area (Å²) in [7, 11) is 1.53. The third kappa shape index (κ3) is 2.26. The molecule has 14 heavy (non-hydrogen) atoms. The molecule has 0 atom stereocenters. The minimum atomic E-state index is -0.0370. The molecule has 0 heterocycles. The van der Waals surface area contributed by atoms with Crippen LogP contribution in [0.4, 0.5) is 0 Å². The molecule has 0 bridgehead atoms. The van der Waals surface area contributed by atoms with Gasteiger partial charge in [0.25, 0.3) is 0 Å². The van der Waals surface area contributed by atoms with E-state index in [1.165, 1.54) is 7.11 Å². The lowest BCUT2D eigenvalue weighted by molar-refractivity contribution is 0.0936. The van der Waals surface area contributed by atoms with Crippen molar-refractivity contribution in [1.29, 1.82) is 0 Å². The number of hydrogen-bond donors (Lipinski definition) is 0. The van der Waals surface area contributed by atoms with Crippen LogP contribution in [0.15, 0.2) is 18.2 Å². The van der Waals surface area contributed by atoms with Crippen LogP contribution in [0, 0.1) is 5.92 Å². The van der Waals surface area contributed by atoms with E-state index in [0.717, 1.165) is 0 Å². The van der Waals surface area contributed by atoms with Gasteiger partial charge in [-0.1, -0.05) is 25.4 Å². The Morgan fingerprint density at radius 2 is 2.07 bits per heavy atom. The van der Waals surface area contributed by atoms with E-state index in [0.29, 0.717) is 16.3 Å². The lowest BCUT2D eigenvalue weighted by atomic mass is 10.0. The number of halogens is 1. The van der Waals surface area contributed by atoms with Crippen LogP contribution in [-0.4, -0.2) is 12.9 Å². The molecule has 0 N–H and O–H groups in total. The van der Waals surface area contributed by atoms with Gasteiger partial charge < -0.3 is 4.74 Å². The van der Waals surface area contributed by atoms with Gasteiger partial charge in [-0.15, -0.1) is 0 Å². The van der Waals surface area contributed by atoms with Crippen molar-refractivity contribution in [2.75, 3.05) is 7.11 Å². The first kappa shape index (κ1) is 11.1. The maximum Gasteiger partial charge on any atom is 0.169 e. The molecule has 76 valence electrons. The molecule has 0 aromatic heterocycles. The van der Waals surface area contributed by atoms with E-state index in [1.54, 1.807) is 18.2 Å². The Bertz CT molecular complexity index is 345. The highest BCUT2D eigenvalue weighted by Crippen LogP contribution is 2.25. The van der Waals surface area contributed by atoms with Crippen LogP contribution in [0.3, 0.4) is 0 Å². The minimum Gasteiger partial charge on any atom is -0.496 e. The number of benzene rings is 1. The lowest BCUT2D eigenvalue weighted by Crippen LogP contribution is -2.08. The predicted molar refractivity (Wildman–Crippen MR) is 57.2 cm³/mol. The molecule has 0 aliphatic heterocycles. The molecule has 0 aliphatic carbocycles. The topological polar surface area (TPSA) is 26.3 Å². The van der Waals surface area contributed by atoms with Gasteiger partial charge in [0.2, 0.25) is 0 Å². The highest BCUT2D eigenvalue weighted by molar-refractivity contribution is 6.30. The van der Waals surface area contributed by atoms with E-state index >= 15 is 0 Å². The fraction of sp³-hybridized carbons (Fsp3) is 0.364. The van der Waals surface area contributed by atoms with Crippen molar-refractivity contribution < 1.29 is 9.53 Å². The van der Waals surface area contributed by atoms with Crippen LogP contribution in [0.5, 0.6) is 5.75 Å². The van der Waals surface area contributed by atoms with Gasteiger partial charge in [0.15, 0.2) is 5.78 Å². The van der Waals surface area contributed by atoms with Gasteiger partial charge >= 0.3 is 0 Å². The second kappa shape index (κ2) is 4.47. The maximum absolute atomic E-state index is 11.7. The lowest BCUT2D eigenvalue weighted by Gasteiger charge is -2.09. The average molecular weight is 213 g/mol. The zero-order chi connectivity index (χ0) is 10.7. The van der Waals surface area contributed by atoms with E-state index in [-0.39, 0.29) is 11.7 Å². The predicted octanol–water partition coefficient (Wildman–Crippen LogP) is 3.19. The summed E-state index contributed by atoms with van der Waals surface area (Å²) >= 11 is 5.79. The third-order valence-corrected chi connectivity index (χ3v) is 2.19. The molecule has 0 fully saturated rings. The van der Waals surface area contributed by atoms with Crippen molar-refractivity contribution in [2.24, 2.45) is 5.92 Å². The summed E-state index contributed by atoms with van der Waals surface area (Å²) in [5, 5.41) is 0.571.